The summed E-state index contributed by atoms with van der Waals surface area (Å²) in [4.78, 5) is 11.9. The summed E-state index contributed by atoms with van der Waals surface area (Å²) in [5, 5.41) is 14.4. The van der Waals surface area contributed by atoms with E-state index in [0.717, 1.165) is 0 Å². The first-order valence-corrected chi connectivity index (χ1v) is 6.38. The van der Waals surface area contributed by atoms with Gasteiger partial charge in [0.25, 0.3) is 0 Å². The molecule has 0 heterocycles. The average Bonchev–Trinajstić information content (AvgIpc) is 2.42. The van der Waals surface area contributed by atoms with Crippen molar-refractivity contribution in [1.29, 1.82) is 0 Å². The minimum absolute atomic E-state index is 0.176. The van der Waals surface area contributed by atoms with Gasteiger partial charge in [0.1, 0.15) is 17.4 Å². The highest BCUT2D eigenvalue weighted by molar-refractivity contribution is 5.90. The molecule has 4 N–H and O–H groups in total. The largest absolute Gasteiger partial charge is 0.496 e. The zero-order valence-corrected chi connectivity index (χ0v) is 12.6. The Bertz CT molecular complexity index is 523. The number of nitrogens with two attached hydrogens (primary N) is 1. The van der Waals surface area contributed by atoms with Crippen molar-refractivity contribution >= 4 is 11.9 Å². The lowest BCUT2D eigenvalue weighted by atomic mass is 10.0. The van der Waals surface area contributed by atoms with Gasteiger partial charge < -0.3 is 25.7 Å². The molecule has 0 aliphatic carbocycles. The summed E-state index contributed by atoms with van der Waals surface area (Å²) in [6, 6.07) is 6.09. The van der Waals surface area contributed by atoms with Gasteiger partial charge in [-0.05, 0) is 26.8 Å². The molecule has 7 heteroatoms. The number of rotatable bonds is 4. The standard InChI is InChI=1S/C14H21N3O4/c1-14(2,3)21-13(18)16-11(12(15)17-19)9-7-5-6-8-10(9)20-4/h5-8,11,19H,1-4H3,(H2,15,17)(H,16,18)/t11-/m1/s1. The molecule has 0 aromatic heterocycles. The molecule has 0 saturated heterocycles. The number of nitrogens with one attached hydrogen (secondary N) is 1. The highest BCUT2D eigenvalue weighted by atomic mass is 16.6. The van der Waals surface area contributed by atoms with Gasteiger partial charge >= 0.3 is 6.09 Å². The lowest BCUT2D eigenvalue weighted by Gasteiger charge is -2.24. The van der Waals surface area contributed by atoms with Crippen LogP contribution in [0.2, 0.25) is 0 Å². The third-order valence-corrected chi connectivity index (χ3v) is 2.52. The quantitative estimate of drug-likeness (QED) is 0.341. The number of para-hydroxylation sites is 1. The predicted molar refractivity (Wildman–Crippen MR) is 78.5 cm³/mol. The van der Waals surface area contributed by atoms with Gasteiger partial charge in [0.15, 0.2) is 5.84 Å². The van der Waals surface area contributed by atoms with Gasteiger partial charge in [0.05, 0.1) is 7.11 Å². The van der Waals surface area contributed by atoms with Gasteiger partial charge in [0, 0.05) is 5.56 Å². The van der Waals surface area contributed by atoms with Gasteiger partial charge in [0.2, 0.25) is 0 Å². The van der Waals surface area contributed by atoms with E-state index in [9.17, 15) is 4.79 Å². The second kappa shape index (κ2) is 6.83. The van der Waals surface area contributed by atoms with Crippen molar-refractivity contribution in [3.8, 4) is 5.75 Å². The number of amides is 1. The van der Waals surface area contributed by atoms with Crippen LogP contribution >= 0.6 is 0 Å². The fourth-order valence-electron chi connectivity index (χ4n) is 1.70. The van der Waals surface area contributed by atoms with E-state index < -0.39 is 17.7 Å². The molecule has 7 nitrogen and oxygen atoms in total. The van der Waals surface area contributed by atoms with Crippen molar-refractivity contribution in [2.45, 2.75) is 32.4 Å². The summed E-state index contributed by atoms with van der Waals surface area (Å²) in [5.41, 5.74) is 5.56. The predicted octanol–water partition coefficient (Wildman–Crippen LogP) is 2.01. The molecule has 1 rings (SSSR count). The van der Waals surface area contributed by atoms with Gasteiger partial charge in [-0.15, -0.1) is 0 Å². The van der Waals surface area contributed by atoms with Crippen LogP contribution in [0, 0.1) is 0 Å². The third-order valence-electron chi connectivity index (χ3n) is 2.52. The molecular formula is C14H21N3O4. The Morgan fingerprint density at radius 3 is 2.52 bits per heavy atom. The van der Waals surface area contributed by atoms with Crippen LogP contribution in [0.5, 0.6) is 5.75 Å². The maximum atomic E-state index is 11.9. The number of nitrogens with zero attached hydrogens (tertiary/aromatic N) is 1. The first-order valence-electron chi connectivity index (χ1n) is 6.38. The molecule has 0 fully saturated rings. The molecule has 0 aliphatic rings. The normalized spacial score (nSPS) is 13.4. The van der Waals surface area contributed by atoms with E-state index in [1.165, 1.54) is 7.11 Å². The van der Waals surface area contributed by atoms with Crippen LogP contribution in [0.15, 0.2) is 29.4 Å². The second-order valence-electron chi connectivity index (χ2n) is 5.35. The van der Waals surface area contributed by atoms with Crippen LogP contribution in [-0.4, -0.2) is 29.8 Å². The number of benzene rings is 1. The Hall–Kier alpha value is -2.44. The number of carbonyl (C=O) groups excluding carboxylic acids is 1. The first-order chi connectivity index (χ1) is 9.78. The maximum Gasteiger partial charge on any atom is 0.408 e. The minimum atomic E-state index is -0.860. The van der Waals surface area contributed by atoms with E-state index in [0.29, 0.717) is 11.3 Å². The molecule has 1 aromatic carbocycles. The molecule has 0 radical (unpaired) electrons. The summed E-state index contributed by atoms with van der Waals surface area (Å²) in [7, 11) is 1.50. The summed E-state index contributed by atoms with van der Waals surface area (Å²) in [5.74, 6) is 0.329. The molecule has 1 aromatic rings. The van der Waals surface area contributed by atoms with Crippen LogP contribution in [0.1, 0.15) is 32.4 Å². The average molecular weight is 295 g/mol. The number of methoxy groups -OCH3 is 1. The van der Waals surface area contributed by atoms with Crippen LogP contribution in [0.4, 0.5) is 4.79 Å². The Morgan fingerprint density at radius 1 is 1.38 bits per heavy atom. The molecule has 116 valence electrons. The maximum absolute atomic E-state index is 11.9. The fraction of sp³-hybridized carbons (Fsp3) is 0.429. The number of carbonyl (C=O) groups is 1. The van der Waals surface area contributed by atoms with Crippen molar-refractivity contribution in [1.82, 2.24) is 5.32 Å². The summed E-state index contributed by atoms with van der Waals surface area (Å²) >= 11 is 0. The molecule has 0 aliphatic heterocycles. The number of amidine groups is 1. The van der Waals surface area contributed by atoms with E-state index in [1.807, 2.05) is 0 Å². The summed E-state index contributed by atoms with van der Waals surface area (Å²) in [6.45, 7) is 5.23. The molecule has 1 amide bonds. The summed E-state index contributed by atoms with van der Waals surface area (Å²) in [6.07, 6.45) is -0.676. The second-order valence-corrected chi connectivity index (χ2v) is 5.35. The van der Waals surface area contributed by atoms with Gasteiger partial charge in [-0.25, -0.2) is 4.79 Å². The fourth-order valence-corrected chi connectivity index (χ4v) is 1.70. The zero-order chi connectivity index (χ0) is 16.0. The highest BCUT2D eigenvalue weighted by Gasteiger charge is 2.25. The molecule has 0 saturated carbocycles. The van der Waals surface area contributed by atoms with Crippen molar-refractivity contribution < 1.29 is 19.5 Å². The molecule has 1 atom stereocenters. The minimum Gasteiger partial charge on any atom is -0.496 e. The van der Waals surface area contributed by atoms with Gasteiger partial charge in [-0.2, -0.15) is 0 Å². The van der Waals surface area contributed by atoms with Crippen LogP contribution < -0.4 is 15.8 Å². The summed E-state index contributed by atoms with van der Waals surface area (Å²) < 4.78 is 10.4. The Kier molecular flexibility index (Phi) is 5.40. The zero-order valence-electron chi connectivity index (χ0n) is 12.6. The number of hydrogen-bond donors (Lipinski definition) is 3. The number of oxime groups is 1. The highest BCUT2D eigenvalue weighted by Crippen LogP contribution is 2.25. The lowest BCUT2D eigenvalue weighted by Crippen LogP contribution is -2.40. The molecule has 0 bridgehead atoms. The molecular weight excluding hydrogens is 274 g/mol. The van der Waals surface area contributed by atoms with Gasteiger partial charge in [-0.1, -0.05) is 23.4 Å². The van der Waals surface area contributed by atoms with Crippen LogP contribution in [0.25, 0.3) is 0 Å². The van der Waals surface area contributed by atoms with Crippen molar-refractivity contribution in [3.05, 3.63) is 29.8 Å². The van der Waals surface area contributed by atoms with Gasteiger partial charge in [-0.3, -0.25) is 0 Å². The SMILES string of the molecule is COc1ccccc1[C@@H](NC(=O)OC(C)(C)C)/C(N)=N/O. The smallest absolute Gasteiger partial charge is 0.408 e. The monoisotopic (exact) mass is 295 g/mol. The van der Waals surface area contributed by atoms with E-state index >= 15 is 0 Å². The van der Waals surface area contributed by atoms with Crippen molar-refractivity contribution in [2.75, 3.05) is 7.11 Å². The number of alkyl carbamates (subject to hydrolysis) is 1. The Balaban J connectivity index is 3.05. The van der Waals surface area contributed by atoms with E-state index in [1.54, 1.807) is 45.0 Å². The number of ether oxygens (including phenoxy) is 2. The van der Waals surface area contributed by atoms with Crippen molar-refractivity contribution in [2.24, 2.45) is 10.9 Å². The van der Waals surface area contributed by atoms with Crippen LogP contribution in [-0.2, 0) is 4.74 Å². The molecule has 0 unspecified atom stereocenters. The molecule has 0 spiro atoms. The lowest BCUT2D eigenvalue weighted by molar-refractivity contribution is 0.0516. The topological polar surface area (TPSA) is 106 Å². The third kappa shape index (κ3) is 4.87. The van der Waals surface area contributed by atoms with Crippen LogP contribution in [0.3, 0.4) is 0 Å². The van der Waals surface area contributed by atoms with Crippen molar-refractivity contribution in [3.63, 3.8) is 0 Å². The van der Waals surface area contributed by atoms with E-state index in [-0.39, 0.29) is 5.84 Å². The number of hydrogen-bond acceptors (Lipinski definition) is 5. The van der Waals surface area contributed by atoms with E-state index in [4.69, 9.17) is 20.4 Å². The Labute approximate surface area is 123 Å². The Morgan fingerprint density at radius 2 is 2.00 bits per heavy atom. The first kappa shape index (κ1) is 16.6. The van der Waals surface area contributed by atoms with E-state index in [2.05, 4.69) is 10.5 Å². The molecule has 21 heavy (non-hydrogen) atoms.